The number of benzene rings is 1. The first-order chi connectivity index (χ1) is 8.61. The SMILES string of the molecule is CC1CC1NC(=O)c1cc(C#CCN)ccc1F. The minimum atomic E-state index is -0.529. The van der Waals surface area contributed by atoms with E-state index >= 15 is 0 Å². The van der Waals surface area contributed by atoms with Crippen molar-refractivity contribution < 1.29 is 9.18 Å². The van der Waals surface area contributed by atoms with Crippen LogP contribution in [-0.4, -0.2) is 18.5 Å². The van der Waals surface area contributed by atoms with Gasteiger partial charge in [0.05, 0.1) is 12.1 Å². The minimum Gasteiger partial charge on any atom is -0.349 e. The maximum Gasteiger partial charge on any atom is 0.254 e. The number of hydrogen-bond donors (Lipinski definition) is 2. The Kier molecular flexibility index (Phi) is 3.63. The molecule has 1 fully saturated rings. The molecule has 1 aromatic carbocycles. The maximum absolute atomic E-state index is 13.6. The molecule has 18 heavy (non-hydrogen) atoms. The van der Waals surface area contributed by atoms with E-state index in [4.69, 9.17) is 5.73 Å². The normalized spacial score (nSPS) is 20.8. The smallest absolute Gasteiger partial charge is 0.254 e. The van der Waals surface area contributed by atoms with Crippen molar-refractivity contribution in [3.05, 3.63) is 35.1 Å². The summed E-state index contributed by atoms with van der Waals surface area (Å²) in [5.41, 5.74) is 5.90. The minimum absolute atomic E-state index is 0.0397. The summed E-state index contributed by atoms with van der Waals surface area (Å²) in [4.78, 5) is 11.9. The van der Waals surface area contributed by atoms with E-state index in [9.17, 15) is 9.18 Å². The molecule has 0 aliphatic heterocycles. The summed E-state index contributed by atoms with van der Waals surface area (Å²) >= 11 is 0. The average Bonchev–Trinajstić information content (AvgIpc) is 3.03. The summed E-state index contributed by atoms with van der Waals surface area (Å²) in [7, 11) is 0. The Labute approximate surface area is 106 Å². The quantitative estimate of drug-likeness (QED) is 0.772. The summed E-state index contributed by atoms with van der Waals surface area (Å²) in [6.45, 7) is 2.28. The van der Waals surface area contributed by atoms with Crippen LogP contribution < -0.4 is 11.1 Å². The molecule has 1 aliphatic carbocycles. The van der Waals surface area contributed by atoms with Crippen LogP contribution in [0.3, 0.4) is 0 Å². The van der Waals surface area contributed by atoms with Crippen molar-refractivity contribution in [1.82, 2.24) is 5.32 Å². The second-order valence-electron chi connectivity index (χ2n) is 4.49. The third-order valence-electron chi connectivity index (χ3n) is 2.97. The van der Waals surface area contributed by atoms with Gasteiger partial charge >= 0.3 is 0 Å². The van der Waals surface area contributed by atoms with Crippen LogP contribution in [0.4, 0.5) is 4.39 Å². The second-order valence-corrected chi connectivity index (χ2v) is 4.49. The number of carbonyl (C=O) groups is 1. The molecule has 2 atom stereocenters. The first kappa shape index (κ1) is 12.6. The highest BCUT2D eigenvalue weighted by Crippen LogP contribution is 2.29. The fourth-order valence-electron chi connectivity index (χ4n) is 1.70. The summed E-state index contributed by atoms with van der Waals surface area (Å²) in [5, 5.41) is 2.79. The molecule has 1 amide bonds. The Morgan fingerprint density at radius 2 is 2.33 bits per heavy atom. The zero-order valence-corrected chi connectivity index (χ0v) is 10.2. The van der Waals surface area contributed by atoms with E-state index in [1.54, 1.807) is 0 Å². The van der Waals surface area contributed by atoms with Gasteiger partial charge in [-0.3, -0.25) is 4.79 Å². The zero-order valence-electron chi connectivity index (χ0n) is 10.2. The number of amides is 1. The van der Waals surface area contributed by atoms with E-state index in [1.165, 1.54) is 18.2 Å². The van der Waals surface area contributed by atoms with Gasteiger partial charge in [-0.2, -0.15) is 0 Å². The van der Waals surface area contributed by atoms with Gasteiger partial charge in [-0.05, 0) is 30.5 Å². The Bertz CT molecular complexity index is 530. The van der Waals surface area contributed by atoms with Gasteiger partial charge in [-0.1, -0.05) is 18.8 Å². The van der Waals surface area contributed by atoms with Crippen LogP contribution in [0.1, 0.15) is 29.3 Å². The van der Waals surface area contributed by atoms with E-state index in [0.717, 1.165) is 6.42 Å². The Hall–Kier alpha value is -1.86. The Morgan fingerprint density at radius 3 is 2.94 bits per heavy atom. The lowest BCUT2D eigenvalue weighted by molar-refractivity contribution is 0.0945. The van der Waals surface area contributed by atoms with Crippen molar-refractivity contribution in [2.75, 3.05) is 6.54 Å². The molecule has 0 radical (unpaired) electrons. The zero-order chi connectivity index (χ0) is 13.1. The van der Waals surface area contributed by atoms with Crippen LogP contribution >= 0.6 is 0 Å². The molecule has 0 aromatic heterocycles. The van der Waals surface area contributed by atoms with Gasteiger partial charge in [0.15, 0.2) is 0 Å². The van der Waals surface area contributed by atoms with Crippen molar-refractivity contribution in [3.63, 3.8) is 0 Å². The molecule has 0 spiro atoms. The second kappa shape index (κ2) is 5.19. The predicted octanol–water partition coefficient (Wildman–Crippen LogP) is 1.27. The highest BCUT2D eigenvalue weighted by atomic mass is 19.1. The van der Waals surface area contributed by atoms with Gasteiger partial charge in [0.1, 0.15) is 5.82 Å². The van der Waals surface area contributed by atoms with Crippen LogP contribution in [-0.2, 0) is 0 Å². The number of rotatable bonds is 2. The molecule has 2 rings (SSSR count). The molecule has 94 valence electrons. The highest BCUT2D eigenvalue weighted by molar-refractivity contribution is 5.95. The molecule has 0 bridgehead atoms. The van der Waals surface area contributed by atoms with Crippen LogP contribution in [0.15, 0.2) is 18.2 Å². The fourth-order valence-corrected chi connectivity index (χ4v) is 1.70. The summed E-state index contributed by atoms with van der Waals surface area (Å²) in [6.07, 6.45) is 0.958. The van der Waals surface area contributed by atoms with E-state index in [0.29, 0.717) is 11.5 Å². The predicted molar refractivity (Wildman–Crippen MR) is 67.4 cm³/mol. The Morgan fingerprint density at radius 1 is 1.61 bits per heavy atom. The van der Waals surface area contributed by atoms with E-state index < -0.39 is 5.82 Å². The summed E-state index contributed by atoms with van der Waals surface area (Å²) in [6, 6.07) is 4.43. The lowest BCUT2D eigenvalue weighted by Crippen LogP contribution is -2.27. The van der Waals surface area contributed by atoms with Gasteiger partial charge in [-0.25, -0.2) is 4.39 Å². The molecular formula is C14H15FN2O. The van der Waals surface area contributed by atoms with E-state index in [-0.39, 0.29) is 24.1 Å². The van der Waals surface area contributed by atoms with Gasteiger partial charge in [0.25, 0.3) is 5.91 Å². The van der Waals surface area contributed by atoms with E-state index in [2.05, 4.69) is 17.2 Å². The highest BCUT2D eigenvalue weighted by Gasteiger charge is 2.34. The summed E-state index contributed by atoms with van der Waals surface area (Å²) < 4.78 is 13.6. The fraction of sp³-hybridized carbons (Fsp3) is 0.357. The third kappa shape index (κ3) is 2.88. The molecule has 4 heteroatoms. The topological polar surface area (TPSA) is 55.1 Å². The Balaban J connectivity index is 2.17. The number of hydrogen-bond acceptors (Lipinski definition) is 2. The maximum atomic E-state index is 13.6. The number of nitrogens with one attached hydrogen (secondary N) is 1. The largest absolute Gasteiger partial charge is 0.349 e. The molecule has 1 saturated carbocycles. The van der Waals surface area contributed by atoms with Gasteiger partial charge in [0.2, 0.25) is 0 Å². The van der Waals surface area contributed by atoms with Crippen LogP contribution in [0, 0.1) is 23.6 Å². The lowest BCUT2D eigenvalue weighted by Gasteiger charge is -2.05. The third-order valence-corrected chi connectivity index (χ3v) is 2.97. The molecule has 3 N–H and O–H groups in total. The van der Waals surface area contributed by atoms with Gasteiger partial charge in [-0.15, -0.1) is 0 Å². The number of nitrogens with two attached hydrogens (primary N) is 1. The van der Waals surface area contributed by atoms with Crippen LogP contribution in [0.2, 0.25) is 0 Å². The van der Waals surface area contributed by atoms with Gasteiger partial charge in [0, 0.05) is 11.6 Å². The van der Waals surface area contributed by atoms with Crippen molar-refractivity contribution in [3.8, 4) is 11.8 Å². The molecule has 1 aliphatic rings. The first-order valence-electron chi connectivity index (χ1n) is 5.91. The van der Waals surface area contributed by atoms with Crippen LogP contribution in [0.5, 0.6) is 0 Å². The van der Waals surface area contributed by atoms with Crippen LogP contribution in [0.25, 0.3) is 0 Å². The van der Waals surface area contributed by atoms with E-state index in [1.807, 2.05) is 6.92 Å². The lowest BCUT2D eigenvalue weighted by atomic mass is 10.1. The molecule has 0 heterocycles. The van der Waals surface area contributed by atoms with Crippen molar-refractivity contribution in [1.29, 1.82) is 0 Å². The monoisotopic (exact) mass is 246 g/mol. The molecular weight excluding hydrogens is 231 g/mol. The van der Waals surface area contributed by atoms with Crippen molar-refractivity contribution >= 4 is 5.91 Å². The molecule has 3 nitrogen and oxygen atoms in total. The molecule has 1 aromatic rings. The summed E-state index contributed by atoms with van der Waals surface area (Å²) in [5.74, 6) is 5.04. The average molecular weight is 246 g/mol. The standard InChI is InChI=1S/C14H15FN2O/c1-9-7-13(9)17-14(18)11-8-10(3-2-6-16)4-5-12(11)15/h4-5,8-9,13H,6-7,16H2,1H3,(H,17,18). The van der Waals surface area contributed by atoms with Gasteiger partial charge < -0.3 is 11.1 Å². The number of carbonyl (C=O) groups excluding carboxylic acids is 1. The van der Waals surface area contributed by atoms with Crippen molar-refractivity contribution in [2.24, 2.45) is 11.7 Å². The molecule has 0 saturated heterocycles. The first-order valence-corrected chi connectivity index (χ1v) is 5.91. The van der Waals surface area contributed by atoms with Crippen molar-refractivity contribution in [2.45, 2.75) is 19.4 Å². The number of halogens is 1. The molecule has 2 unspecified atom stereocenters.